The van der Waals surface area contributed by atoms with Gasteiger partial charge in [-0.05, 0) is 58.3 Å². The van der Waals surface area contributed by atoms with Gasteiger partial charge in [0.05, 0.1) is 0 Å². The molecule has 132 valence electrons. The van der Waals surface area contributed by atoms with Crippen LogP contribution in [0.3, 0.4) is 0 Å². The third-order valence-electron chi connectivity index (χ3n) is 3.66. The van der Waals surface area contributed by atoms with Crippen LogP contribution in [0.2, 0.25) is 0 Å². The largest absolute Gasteiger partial charge is 0.342 e. The Morgan fingerprint density at radius 3 is 2.08 bits per heavy atom. The monoisotopic (exact) mass is 333 g/mol. The zero-order valence-corrected chi connectivity index (χ0v) is 15.0. The second-order valence-corrected chi connectivity index (χ2v) is 6.09. The summed E-state index contributed by atoms with van der Waals surface area (Å²) < 4.78 is 0. The molecule has 0 saturated heterocycles. The van der Waals surface area contributed by atoms with Gasteiger partial charge in [-0.3, -0.25) is 14.4 Å². The summed E-state index contributed by atoms with van der Waals surface area (Å²) in [5, 5.41) is 2.78. The van der Waals surface area contributed by atoms with Crippen LogP contribution < -0.4 is 5.32 Å². The lowest BCUT2D eigenvalue weighted by Crippen LogP contribution is -2.34. The van der Waals surface area contributed by atoms with Gasteiger partial charge in [-0.15, -0.1) is 0 Å². The maximum absolute atomic E-state index is 12.0. The van der Waals surface area contributed by atoms with Gasteiger partial charge >= 0.3 is 0 Å². The molecule has 0 aliphatic heterocycles. The van der Waals surface area contributed by atoms with E-state index >= 15 is 0 Å². The summed E-state index contributed by atoms with van der Waals surface area (Å²) >= 11 is 0. The molecular formula is C18H27N3O3. The third kappa shape index (κ3) is 7.37. The maximum Gasteiger partial charge on any atom is 0.226 e. The van der Waals surface area contributed by atoms with Gasteiger partial charge in [-0.1, -0.05) is 0 Å². The maximum atomic E-state index is 12.0. The number of ketones is 1. The Kier molecular flexibility index (Phi) is 8.12. The van der Waals surface area contributed by atoms with Crippen LogP contribution in [0, 0.1) is 0 Å². The summed E-state index contributed by atoms with van der Waals surface area (Å²) in [6, 6.07) is 6.77. The highest BCUT2D eigenvalue weighted by atomic mass is 16.2. The van der Waals surface area contributed by atoms with Crippen molar-refractivity contribution in [2.75, 3.05) is 39.0 Å². The Hall–Kier alpha value is -2.21. The number of nitrogens with zero attached hydrogens (tertiary/aromatic N) is 2. The van der Waals surface area contributed by atoms with Crippen LogP contribution in [-0.2, 0) is 9.59 Å². The van der Waals surface area contributed by atoms with Gasteiger partial charge in [0.1, 0.15) is 0 Å². The van der Waals surface area contributed by atoms with Crippen LogP contribution in [0.1, 0.15) is 37.0 Å². The van der Waals surface area contributed by atoms with E-state index < -0.39 is 0 Å². The molecule has 6 heteroatoms. The SMILES string of the molecule is CC(=O)c1ccc(NC(=O)CCN(CCCN(C)C)C(C)=O)cc1. The highest BCUT2D eigenvalue weighted by Crippen LogP contribution is 2.10. The van der Waals surface area contributed by atoms with Gasteiger partial charge in [-0.25, -0.2) is 0 Å². The molecule has 0 aliphatic carbocycles. The number of amides is 2. The van der Waals surface area contributed by atoms with E-state index in [1.807, 2.05) is 14.1 Å². The van der Waals surface area contributed by atoms with Gasteiger partial charge in [0.2, 0.25) is 11.8 Å². The second kappa shape index (κ2) is 9.82. The molecule has 0 aliphatic rings. The summed E-state index contributed by atoms with van der Waals surface area (Å²) in [6.45, 7) is 4.97. The lowest BCUT2D eigenvalue weighted by atomic mass is 10.1. The fourth-order valence-electron chi connectivity index (χ4n) is 2.25. The Bertz CT molecular complexity index is 567. The first-order chi connectivity index (χ1) is 11.3. The molecule has 24 heavy (non-hydrogen) atoms. The molecule has 1 rings (SSSR count). The molecule has 2 amide bonds. The second-order valence-electron chi connectivity index (χ2n) is 6.09. The number of carbonyl (C=O) groups excluding carboxylic acids is 3. The van der Waals surface area contributed by atoms with E-state index in [0.29, 0.717) is 24.3 Å². The molecule has 0 spiro atoms. The average Bonchev–Trinajstić information content (AvgIpc) is 2.50. The van der Waals surface area contributed by atoms with Crippen LogP contribution in [0.15, 0.2) is 24.3 Å². The predicted molar refractivity (Wildman–Crippen MR) is 95.1 cm³/mol. The topological polar surface area (TPSA) is 69.7 Å². The quantitative estimate of drug-likeness (QED) is 0.702. The minimum atomic E-state index is -0.149. The van der Waals surface area contributed by atoms with Crippen molar-refractivity contribution in [2.45, 2.75) is 26.7 Å². The van der Waals surface area contributed by atoms with Gasteiger partial charge in [0.25, 0.3) is 0 Å². The van der Waals surface area contributed by atoms with E-state index in [2.05, 4.69) is 10.2 Å². The standard InChI is InChI=1S/C18H27N3O3/c1-14(22)16-6-8-17(9-7-16)19-18(24)10-13-21(15(2)23)12-5-11-20(3)4/h6-9H,5,10-13H2,1-4H3,(H,19,24). The van der Waals surface area contributed by atoms with E-state index in [1.165, 1.54) is 13.8 Å². The number of anilines is 1. The van der Waals surface area contributed by atoms with Gasteiger partial charge < -0.3 is 15.1 Å². The summed E-state index contributed by atoms with van der Waals surface area (Å²) in [4.78, 5) is 38.6. The number of nitrogens with one attached hydrogen (secondary N) is 1. The minimum absolute atomic E-state index is 0.0114. The normalized spacial score (nSPS) is 10.5. The lowest BCUT2D eigenvalue weighted by molar-refractivity contribution is -0.129. The number of benzene rings is 1. The fraction of sp³-hybridized carbons (Fsp3) is 0.500. The zero-order chi connectivity index (χ0) is 18.1. The number of Topliss-reactive ketones (excluding diaryl/α,β-unsaturated/α-hetero) is 1. The van der Waals surface area contributed by atoms with Crippen molar-refractivity contribution in [2.24, 2.45) is 0 Å². The molecule has 1 aromatic rings. The van der Waals surface area contributed by atoms with Crippen LogP contribution in [-0.4, -0.2) is 61.1 Å². The molecule has 0 saturated carbocycles. The smallest absolute Gasteiger partial charge is 0.226 e. The Morgan fingerprint density at radius 1 is 0.958 bits per heavy atom. The Balaban J connectivity index is 2.44. The van der Waals surface area contributed by atoms with Crippen molar-refractivity contribution in [1.82, 2.24) is 9.80 Å². The van der Waals surface area contributed by atoms with Gasteiger partial charge in [-0.2, -0.15) is 0 Å². The summed E-state index contributed by atoms with van der Waals surface area (Å²) in [5.41, 5.74) is 1.25. The molecule has 0 aromatic heterocycles. The lowest BCUT2D eigenvalue weighted by Gasteiger charge is -2.21. The van der Waals surface area contributed by atoms with Crippen LogP contribution >= 0.6 is 0 Å². The molecule has 0 bridgehead atoms. The van der Waals surface area contributed by atoms with E-state index in [9.17, 15) is 14.4 Å². The molecule has 0 unspecified atom stereocenters. The van der Waals surface area contributed by atoms with Gasteiger partial charge in [0, 0.05) is 37.7 Å². The van der Waals surface area contributed by atoms with Gasteiger partial charge in [0.15, 0.2) is 5.78 Å². The number of carbonyl (C=O) groups is 3. The highest BCUT2D eigenvalue weighted by molar-refractivity contribution is 5.95. The van der Waals surface area contributed by atoms with Crippen molar-refractivity contribution in [3.8, 4) is 0 Å². The number of hydrogen-bond acceptors (Lipinski definition) is 4. The van der Waals surface area contributed by atoms with Crippen molar-refractivity contribution >= 4 is 23.3 Å². The highest BCUT2D eigenvalue weighted by Gasteiger charge is 2.11. The molecule has 1 aromatic carbocycles. The molecule has 0 heterocycles. The van der Waals surface area contributed by atoms with E-state index in [-0.39, 0.29) is 24.0 Å². The predicted octanol–water partition coefficient (Wildman–Crippen LogP) is 2.02. The number of hydrogen-bond donors (Lipinski definition) is 1. The number of rotatable bonds is 9. The minimum Gasteiger partial charge on any atom is -0.342 e. The van der Waals surface area contributed by atoms with E-state index in [0.717, 1.165) is 13.0 Å². The first-order valence-electron chi connectivity index (χ1n) is 8.10. The van der Waals surface area contributed by atoms with E-state index in [4.69, 9.17) is 0 Å². The first kappa shape index (κ1) is 19.8. The van der Waals surface area contributed by atoms with Crippen LogP contribution in [0.25, 0.3) is 0 Å². The Labute approximate surface area is 143 Å². The molecule has 6 nitrogen and oxygen atoms in total. The summed E-state index contributed by atoms with van der Waals surface area (Å²) in [5.74, 6) is -0.181. The Morgan fingerprint density at radius 2 is 1.58 bits per heavy atom. The van der Waals surface area contributed by atoms with E-state index in [1.54, 1.807) is 29.2 Å². The summed E-state index contributed by atoms with van der Waals surface area (Å²) in [6.07, 6.45) is 1.12. The van der Waals surface area contributed by atoms with Crippen molar-refractivity contribution in [1.29, 1.82) is 0 Å². The molecule has 0 fully saturated rings. The summed E-state index contributed by atoms with van der Waals surface area (Å²) in [7, 11) is 3.98. The third-order valence-corrected chi connectivity index (χ3v) is 3.66. The first-order valence-corrected chi connectivity index (χ1v) is 8.10. The van der Waals surface area contributed by atoms with Crippen LogP contribution in [0.4, 0.5) is 5.69 Å². The van der Waals surface area contributed by atoms with Crippen LogP contribution in [0.5, 0.6) is 0 Å². The van der Waals surface area contributed by atoms with Crippen molar-refractivity contribution in [3.05, 3.63) is 29.8 Å². The molecular weight excluding hydrogens is 306 g/mol. The van der Waals surface area contributed by atoms with Crippen molar-refractivity contribution < 1.29 is 14.4 Å². The van der Waals surface area contributed by atoms with Crippen molar-refractivity contribution in [3.63, 3.8) is 0 Å². The molecule has 0 atom stereocenters. The zero-order valence-electron chi connectivity index (χ0n) is 15.0. The molecule has 1 N–H and O–H groups in total. The average molecular weight is 333 g/mol. The molecule has 0 radical (unpaired) electrons. The fourth-order valence-corrected chi connectivity index (χ4v) is 2.25.